The Morgan fingerprint density at radius 3 is 2.19 bits per heavy atom. The fraction of sp³-hybridized carbons (Fsp3) is 0.941. The predicted molar refractivity (Wildman–Crippen MR) is 85.4 cm³/mol. The van der Waals surface area contributed by atoms with Crippen molar-refractivity contribution >= 4 is 5.97 Å². The zero-order valence-corrected chi connectivity index (χ0v) is 13.9. The molecule has 0 aliphatic heterocycles. The Morgan fingerprint density at radius 2 is 1.81 bits per heavy atom. The maximum Gasteiger partial charge on any atom is 0.323 e. The van der Waals surface area contributed by atoms with E-state index in [0.29, 0.717) is 12.5 Å². The first-order chi connectivity index (χ1) is 9.94. The molecule has 0 bridgehead atoms. The van der Waals surface area contributed by atoms with E-state index in [2.05, 4.69) is 24.1 Å². The van der Waals surface area contributed by atoms with Crippen molar-refractivity contribution in [3.63, 3.8) is 0 Å². The van der Waals surface area contributed by atoms with Crippen LogP contribution in [0.2, 0.25) is 0 Å². The zero-order chi connectivity index (χ0) is 15.5. The minimum absolute atomic E-state index is 0.330. The van der Waals surface area contributed by atoms with Crippen molar-refractivity contribution < 1.29 is 9.90 Å². The van der Waals surface area contributed by atoms with Crippen molar-refractivity contribution in [2.45, 2.75) is 70.9 Å². The first-order valence-electron chi connectivity index (χ1n) is 8.67. The minimum Gasteiger partial charge on any atom is -0.480 e. The summed E-state index contributed by atoms with van der Waals surface area (Å²) >= 11 is 0. The fourth-order valence-corrected chi connectivity index (χ4v) is 3.05. The van der Waals surface area contributed by atoms with Gasteiger partial charge in [-0.25, -0.2) is 0 Å². The Balaban J connectivity index is 1.92. The molecule has 0 amide bonds. The van der Waals surface area contributed by atoms with E-state index < -0.39 is 11.5 Å². The Labute approximate surface area is 129 Å². The monoisotopic (exact) mass is 296 g/mol. The number of hydrogen-bond donors (Lipinski definition) is 2. The lowest BCUT2D eigenvalue weighted by Crippen LogP contribution is -2.54. The number of rotatable bonds is 11. The van der Waals surface area contributed by atoms with E-state index in [4.69, 9.17) is 0 Å². The van der Waals surface area contributed by atoms with Crippen LogP contribution in [-0.4, -0.2) is 47.2 Å². The summed E-state index contributed by atoms with van der Waals surface area (Å²) in [7, 11) is 0. The van der Waals surface area contributed by atoms with Crippen LogP contribution in [0.15, 0.2) is 0 Å². The average molecular weight is 296 g/mol. The van der Waals surface area contributed by atoms with Crippen molar-refractivity contribution in [3.05, 3.63) is 0 Å². The Kier molecular flexibility index (Phi) is 5.67. The first kappa shape index (κ1) is 16.8. The summed E-state index contributed by atoms with van der Waals surface area (Å²) in [5, 5.41) is 12.8. The summed E-state index contributed by atoms with van der Waals surface area (Å²) in [6.45, 7) is 9.22. The van der Waals surface area contributed by atoms with Gasteiger partial charge in [-0.2, -0.15) is 0 Å². The second kappa shape index (κ2) is 7.10. The van der Waals surface area contributed by atoms with E-state index >= 15 is 0 Å². The number of carboxylic acids is 1. The second-order valence-corrected chi connectivity index (χ2v) is 7.46. The molecule has 0 radical (unpaired) electrons. The molecule has 2 rings (SSSR count). The largest absolute Gasteiger partial charge is 0.480 e. The zero-order valence-electron chi connectivity index (χ0n) is 13.9. The topological polar surface area (TPSA) is 52.6 Å². The van der Waals surface area contributed by atoms with E-state index in [0.717, 1.165) is 24.8 Å². The molecule has 2 atom stereocenters. The fourth-order valence-electron chi connectivity index (χ4n) is 3.05. The maximum atomic E-state index is 11.7. The summed E-state index contributed by atoms with van der Waals surface area (Å²) in [5.74, 6) is 1.01. The van der Waals surface area contributed by atoms with Gasteiger partial charge in [0.25, 0.3) is 0 Å². The van der Waals surface area contributed by atoms with Crippen molar-refractivity contribution in [3.8, 4) is 0 Å². The summed E-state index contributed by atoms with van der Waals surface area (Å²) < 4.78 is 0. The standard InChI is InChI=1S/C17H32N2O2/c1-4-9-18-17(3,16(20)21)10-13(2)19(11-14-5-6-14)12-15-7-8-15/h13-15,18H,4-12H2,1-3H3,(H,20,21). The quantitative estimate of drug-likeness (QED) is 0.615. The van der Waals surface area contributed by atoms with Crippen LogP contribution in [0.4, 0.5) is 0 Å². The number of nitrogens with zero attached hydrogens (tertiary/aromatic N) is 1. The molecular formula is C17H32N2O2. The highest BCUT2D eigenvalue weighted by Crippen LogP contribution is 2.35. The van der Waals surface area contributed by atoms with Crippen LogP contribution < -0.4 is 5.32 Å². The van der Waals surface area contributed by atoms with Gasteiger partial charge >= 0.3 is 5.97 Å². The summed E-state index contributed by atoms with van der Waals surface area (Å²) in [4.78, 5) is 14.2. The third-order valence-electron chi connectivity index (χ3n) is 4.94. The number of aliphatic carboxylic acids is 1. The lowest BCUT2D eigenvalue weighted by atomic mass is 9.92. The number of carboxylic acid groups (broad SMARTS) is 1. The smallest absolute Gasteiger partial charge is 0.323 e. The van der Waals surface area contributed by atoms with E-state index in [-0.39, 0.29) is 0 Å². The highest BCUT2D eigenvalue weighted by atomic mass is 16.4. The molecule has 2 aliphatic rings. The van der Waals surface area contributed by atoms with Crippen molar-refractivity contribution in [1.82, 2.24) is 10.2 Å². The number of carbonyl (C=O) groups is 1. The van der Waals surface area contributed by atoms with Gasteiger partial charge in [0.05, 0.1) is 0 Å². The molecule has 2 N–H and O–H groups in total. The van der Waals surface area contributed by atoms with Gasteiger partial charge in [0.2, 0.25) is 0 Å². The average Bonchev–Trinajstić information content (AvgIpc) is 3.30. The van der Waals surface area contributed by atoms with Gasteiger partial charge in [-0.15, -0.1) is 0 Å². The molecule has 2 fully saturated rings. The molecule has 0 saturated heterocycles. The van der Waals surface area contributed by atoms with Gasteiger partial charge in [0.15, 0.2) is 0 Å². The first-order valence-corrected chi connectivity index (χ1v) is 8.67. The lowest BCUT2D eigenvalue weighted by Gasteiger charge is -2.35. The summed E-state index contributed by atoms with van der Waals surface area (Å²) in [6.07, 6.45) is 7.08. The van der Waals surface area contributed by atoms with Crippen LogP contribution in [-0.2, 0) is 4.79 Å². The van der Waals surface area contributed by atoms with Gasteiger partial charge in [-0.1, -0.05) is 6.92 Å². The van der Waals surface area contributed by atoms with Crippen molar-refractivity contribution in [2.75, 3.05) is 19.6 Å². The van der Waals surface area contributed by atoms with Crippen molar-refractivity contribution in [1.29, 1.82) is 0 Å². The molecule has 2 unspecified atom stereocenters. The third-order valence-corrected chi connectivity index (χ3v) is 4.94. The van der Waals surface area contributed by atoms with Crippen LogP contribution in [0.5, 0.6) is 0 Å². The highest BCUT2D eigenvalue weighted by molar-refractivity contribution is 5.78. The number of nitrogens with one attached hydrogen (secondary N) is 1. The molecule has 0 heterocycles. The normalized spacial score (nSPS) is 23.0. The Bertz CT molecular complexity index is 339. The van der Waals surface area contributed by atoms with Crippen LogP contribution >= 0.6 is 0 Å². The van der Waals surface area contributed by atoms with Gasteiger partial charge in [0.1, 0.15) is 5.54 Å². The van der Waals surface area contributed by atoms with E-state index in [1.807, 2.05) is 6.92 Å². The van der Waals surface area contributed by atoms with E-state index in [9.17, 15) is 9.90 Å². The van der Waals surface area contributed by atoms with E-state index in [1.165, 1.54) is 38.8 Å². The third kappa shape index (κ3) is 5.26. The molecule has 0 aromatic carbocycles. The molecule has 2 aliphatic carbocycles. The predicted octanol–water partition coefficient (Wildman–Crippen LogP) is 2.73. The van der Waals surface area contributed by atoms with Crippen LogP contribution in [0.1, 0.15) is 59.3 Å². The maximum absolute atomic E-state index is 11.7. The summed E-state index contributed by atoms with van der Waals surface area (Å²) in [6, 6.07) is 0.330. The minimum atomic E-state index is -0.805. The van der Waals surface area contributed by atoms with Gasteiger partial charge in [-0.05, 0) is 70.8 Å². The van der Waals surface area contributed by atoms with E-state index in [1.54, 1.807) is 0 Å². The highest BCUT2D eigenvalue weighted by Gasteiger charge is 2.38. The van der Waals surface area contributed by atoms with Crippen LogP contribution in [0.3, 0.4) is 0 Å². The summed E-state index contributed by atoms with van der Waals surface area (Å²) in [5.41, 5.74) is -0.805. The van der Waals surface area contributed by atoms with Gasteiger partial charge in [-0.3, -0.25) is 4.79 Å². The molecule has 2 saturated carbocycles. The molecule has 4 nitrogen and oxygen atoms in total. The Morgan fingerprint density at radius 1 is 1.29 bits per heavy atom. The molecular weight excluding hydrogens is 264 g/mol. The molecule has 0 spiro atoms. The number of hydrogen-bond acceptors (Lipinski definition) is 3. The van der Waals surface area contributed by atoms with Crippen LogP contribution in [0.25, 0.3) is 0 Å². The van der Waals surface area contributed by atoms with Gasteiger partial charge in [0, 0.05) is 19.1 Å². The second-order valence-electron chi connectivity index (χ2n) is 7.46. The molecule has 21 heavy (non-hydrogen) atoms. The lowest BCUT2D eigenvalue weighted by molar-refractivity contribution is -0.145. The van der Waals surface area contributed by atoms with Gasteiger partial charge < -0.3 is 15.3 Å². The SMILES string of the molecule is CCCNC(C)(CC(C)N(CC1CC1)CC1CC1)C(=O)O. The molecule has 122 valence electrons. The van der Waals surface area contributed by atoms with Crippen molar-refractivity contribution in [2.24, 2.45) is 11.8 Å². The van der Waals surface area contributed by atoms with Crippen LogP contribution in [0, 0.1) is 11.8 Å². The molecule has 0 aromatic rings. The molecule has 0 aromatic heterocycles. The Hall–Kier alpha value is -0.610. The molecule has 4 heteroatoms.